The zero-order valence-corrected chi connectivity index (χ0v) is 8.94. The molecule has 78 valence electrons. The van der Waals surface area contributed by atoms with Crippen LogP contribution < -0.4 is 0 Å². The van der Waals surface area contributed by atoms with Crippen molar-refractivity contribution in [2.45, 2.75) is 6.42 Å². The van der Waals surface area contributed by atoms with Gasteiger partial charge in [0.15, 0.2) is 0 Å². The molecule has 0 spiro atoms. The third kappa shape index (κ3) is 1.25. The first-order valence-corrected chi connectivity index (χ1v) is 5.40. The number of hydrogen-bond acceptors (Lipinski definition) is 1. The standard InChI is InChI=1S/C15H12O/c1-2-6-11-7-5-9-13-12-8-3-4-10-14(12)16-15(11)13/h2-5,7-10H,1,6H2. The van der Waals surface area contributed by atoms with Crippen LogP contribution in [0.4, 0.5) is 0 Å². The van der Waals surface area contributed by atoms with E-state index in [9.17, 15) is 0 Å². The predicted molar refractivity (Wildman–Crippen MR) is 67.6 cm³/mol. The zero-order valence-electron chi connectivity index (χ0n) is 8.94. The first-order valence-electron chi connectivity index (χ1n) is 5.40. The summed E-state index contributed by atoms with van der Waals surface area (Å²) in [6.07, 6.45) is 2.75. The molecule has 0 amide bonds. The van der Waals surface area contributed by atoms with E-state index in [0.29, 0.717) is 0 Å². The molecule has 3 rings (SSSR count). The first-order chi connectivity index (χ1) is 7.90. The Balaban J connectivity index is 2.43. The highest BCUT2D eigenvalue weighted by Gasteiger charge is 2.08. The summed E-state index contributed by atoms with van der Waals surface area (Å²) in [5, 5.41) is 2.37. The van der Waals surface area contributed by atoms with E-state index in [4.69, 9.17) is 4.42 Å². The normalized spacial score (nSPS) is 11.0. The third-order valence-corrected chi connectivity index (χ3v) is 2.85. The van der Waals surface area contributed by atoms with E-state index >= 15 is 0 Å². The smallest absolute Gasteiger partial charge is 0.138 e. The van der Waals surface area contributed by atoms with Crippen molar-refractivity contribution in [2.24, 2.45) is 0 Å². The third-order valence-electron chi connectivity index (χ3n) is 2.85. The molecular formula is C15H12O. The number of furan rings is 1. The second-order valence-electron chi connectivity index (χ2n) is 3.88. The molecule has 0 aliphatic rings. The number of rotatable bonds is 2. The second kappa shape index (κ2) is 3.53. The van der Waals surface area contributed by atoms with Gasteiger partial charge in [-0.2, -0.15) is 0 Å². The molecule has 0 fully saturated rings. The van der Waals surface area contributed by atoms with Gasteiger partial charge in [-0.05, 0) is 18.1 Å². The van der Waals surface area contributed by atoms with Crippen LogP contribution in [0.2, 0.25) is 0 Å². The first kappa shape index (κ1) is 9.22. The number of fused-ring (bicyclic) bond motifs is 3. The molecular weight excluding hydrogens is 196 g/mol. The van der Waals surface area contributed by atoms with Crippen molar-refractivity contribution in [1.82, 2.24) is 0 Å². The van der Waals surface area contributed by atoms with Crippen molar-refractivity contribution in [3.8, 4) is 0 Å². The van der Waals surface area contributed by atoms with Gasteiger partial charge in [-0.1, -0.05) is 42.5 Å². The molecule has 0 unspecified atom stereocenters. The Bertz CT molecular complexity index is 661. The molecule has 1 nitrogen and oxygen atoms in total. The molecule has 2 aromatic carbocycles. The maximum absolute atomic E-state index is 5.89. The molecule has 0 N–H and O–H groups in total. The summed E-state index contributed by atoms with van der Waals surface area (Å²) in [6, 6.07) is 14.4. The van der Waals surface area contributed by atoms with Crippen LogP contribution in [0.3, 0.4) is 0 Å². The Hall–Kier alpha value is -2.02. The Morgan fingerprint density at radius 2 is 1.81 bits per heavy atom. The fraction of sp³-hybridized carbons (Fsp3) is 0.0667. The summed E-state index contributed by atoms with van der Waals surface area (Å²) in [7, 11) is 0. The molecule has 16 heavy (non-hydrogen) atoms. The van der Waals surface area contributed by atoms with E-state index in [1.807, 2.05) is 24.3 Å². The van der Waals surface area contributed by atoms with Crippen molar-refractivity contribution < 1.29 is 4.42 Å². The van der Waals surface area contributed by atoms with Crippen molar-refractivity contribution >= 4 is 21.9 Å². The minimum absolute atomic E-state index is 0.844. The summed E-state index contributed by atoms with van der Waals surface area (Å²) in [6.45, 7) is 3.78. The van der Waals surface area contributed by atoms with Gasteiger partial charge in [0.1, 0.15) is 11.2 Å². The summed E-state index contributed by atoms with van der Waals surface area (Å²) in [4.78, 5) is 0. The number of hydrogen-bond donors (Lipinski definition) is 0. The van der Waals surface area contributed by atoms with Gasteiger partial charge in [-0.15, -0.1) is 6.58 Å². The lowest BCUT2D eigenvalue weighted by molar-refractivity contribution is 0.664. The maximum Gasteiger partial charge on any atom is 0.138 e. The van der Waals surface area contributed by atoms with Crippen LogP contribution in [0.1, 0.15) is 5.56 Å². The van der Waals surface area contributed by atoms with Gasteiger partial charge in [-0.25, -0.2) is 0 Å². The molecule has 3 aromatic rings. The largest absolute Gasteiger partial charge is 0.456 e. The fourth-order valence-corrected chi connectivity index (χ4v) is 2.12. The number of para-hydroxylation sites is 2. The van der Waals surface area contributed by atoms with E-state index in [-0.39, 0.29) is 0 Å². The minimum atomic E-state index is 0.844. The lowest BCUT2D eigenvalue weighted by atomic mass is 10.1. The lowest BCUT2D eigenvalue weighted by Gasteiger charge is -1.96. The SMILES string of the molecule is C=CCc1cccc2c1oc1ccccc12. The second-order valence-corrected chi connectivity index (χ2v) is 3.88. The van der Waals surface area contributed by atoms with Gasteiger partial charge in [0.25, 0.3) is 0 Å². The van der Waals surface area contributed by atoms with Crippen LogP contribution in [0.25, 0.3) is 21.9 Å². The van der Waals surface area contributed by atoms with E-state index < -0.39 is 0 Å². The van der Waals surface area contributed by atoms with Crippen molar-refractivity contribution in [2.75, 3.05) is 0 Å². The molecule has 1 aromatic heterocycles. The maximum atomic E-state index is 5.89. The van der Waals surface area contributed by atoms with Gasteiger partial charge in [0.2, 0.25) is 0 Å². The quantitative estimate of drug-likeness (QED) is 0.572. The Kier molecular flexibility index (Phi) is 2.03. The lowest BCUT2D eigenvalue weighted by Crippen LogP contribution is -1.80. The van der Waals surface area contributed by atoms with Crippen molar-refractivity contribution in [3.63, 3.8) is 0 Å². The summed E-state index contributed by atoms with van der Waals surface area (Å²) < 4.78 is 5.89. The highest BCUT2D eigenvalue weighted by atomic mass is 16.3. The Labute approximate surface area is 94.0 Å². The molecule has 0 bridgehead atoms. The Morgan fingerprint density at radius 1 is 1.00 bits per heavy atom. The Morgan fingerprint density at radius 3 is 2.69 bits per heavy atom. The van der Waals surface area contributed by atoms with E-state index in [1.54, 1.807) is 0 Å². The fourth-order valence-electron chi connectivity index (χ4n) is 2.12. The van der Waals surface area contributed by atoms with E-state index in [1.165, 1.54) is 16.3 Å². The molecule has 1 heterocycles. The summed E-state index contributed by atoms with van der Waals surface area (Å²) in [5.74, 6) is 0. The topological polar surface area (TPSA) is 13.1 Å². The van der Waals surface area contributed by atoms with Crippen molar-refractivity contribution in [3.05, 3.63) is 60.7 Å². The molecule has 0 radical (unpaired) electrons. The average molecular weight is 208 g/mol. The van der Waals surface area contributed by atoms with E-state index in [2.05, 4.69) is 30.8 Å². The van der Waals surface area contributed by atoms with Crippen LogP contribution in [0.15, 0.2) is 59.5 Å². The monoisotopic (exact) mass is 208 g/mol. The predicted octanol–water partition coefficient (Wildman–Crippen LogP) is 4.31. The van der Waals surface area contributed by atoms with Gasteiger partial charge in [0, 0.05) is 10.8 Å². The molecule has 0 aliphatic heterocycles. The van der Waals surface area contributed by atoms with Crippen molar-refractivity contribution in [1.29, 1.82) is 0 Å². The molecule has 0 saturated carbocycles. The van der Waals surface area contributed by atoms with Crippen LogP contribution >= 0.6 is 0 Å². The van der Waals surface area contributed by atoms with Crippen LogP contribution in [0.5, 0.6) is 0 Å². The highest BCUT2D eigenvalue weighted by Crippen LogP contribution is 2.30. The summed E-state index contributed by atoms with van der Waals surface area (Å²) >= 11 is 0. The van der Waals surface area contributed by atoms with Crippen LogP contribution in [-0.4, -0.2) is 0 Å². The molecule has 1 heteroatoms. The van der Waals surface area contributed by atoms with Gasteiger partial charge >= 0.3 is 0 Å². The van der Waals surface area contributed by atoms with E-state index in [0.717, 1.165) is 17.6 Å². The van der Waals surface area contributed by atoms with Crippen LogP contribution in [-0.2, 0) is 6.42 Å². The van der Waals surface area contributed by atoms with Gasteiger partial charge in [0.05, 0.1) is 0 Å². The van der Waals surface area contributed by atoms with Crippen LogP contribution in [0, 0.1) is 0 Å². The van der Waals surface area contributed by atoms with Gasteiger partial charge < -0.3 is 4.42 Å². The summed E-state index contributed by atoms with van der Waals surface area (Å²) in [5.41, 5.74) is 3.14. The molecule has 0 saturated heterocycles. The minimum Gasteiger partial charge on any atom is -0.456 e. The highest BCUT2D eigenvalue weighted by molar-refractivity contribution is 6.05. The zero-order chi connectivity index (χ0) is 11.0. The molecule has 0 aliphatic carbocycles. The molecule has 0 atom stereocenters. The average Bonchev–Trinajstić information content (AvgIpc) is 2.69. The number of allylic oxidation sites excluding steroid dienone is 1. The number of benzene rings is 2. The van der Waals surface area contributed by atoms with Gasteiger partial charge in [-0.3, -0.25) is 0 Å².